The van der Waals surface area contributed by atoms with E-state index < -0.39 is 0 Å². The number of hydrogen-bond acceptors (Lipinski definition) is 1. The highest BCUT2D eigenvalue weighted by molar-refractivity contribution is 14.1. The minimum Gasteiger partial charge on any atom is -0.313 e. The largest absolute Gasteiger partial charge is 0.313 e. The van der Waals surface area contributed by atoms with Gasteiger partial charge in [0.25, 0.3) is 0 Å². The third-order valence-corrected chi connectivity index (χ3v) is 4.17. The molecule has 1 N–H and O–H groups in total. The van der Waals surface area contributed by atoms with E-state index in [1.807, 2.05) is 0 Å². The van der Waals surface area contributed by atoms with Gasteiger partial charge in [-0.1, -0.05) is 15.9 Å². The summed E-state index contributed by atoms with van der Waals surface area (Å²) in [4.78, 5) is 0. The molecule has 0 bridgehead atoms. The Balaban J connectivity index is 2.32. The molecule has 0 spiro atoms. The second-order valence-corrected chi connectivity index (χ2v) is 5.85. The smallest absolute Gasteiger partial charge is 0.0357 e. The summed E-state index contributed by atoms with van der Waals surface area (Å²) < 4.78 is 2.53. The van der Waals surface area contributed by atoms with Gasteiger partial charge >= 0.3 is 0 Å². The van der Waals surface area contributed by atoms with Gasteiger partial charge in [-0.25, -0.2) is 0 Å². The Hall–Kier alpha value is 0.390. The number of nitrogens with one attached hydrogen (secondary N) is 1. The van der Waals surface area contributed by atoms with Crippen LogP contribution in [0.1, 0.15) is 24.4 Å². The Morgan fingerprint density at radius 2 is 2.21 bits per heavy atom. The van der Waals surface area contributed by atoms with Crippen molar-refractivity contribution in [2.75, 3.05) is 7.05 Å². The molecule has 1 saturated carbocycles. The molecule has 14 heavy (non-hydrogen) atoms. The van der Waals surface area contributed by atoms with E-state index in [1.165, 1.54) is 26.4 Å². The van der Waals surface area contributed by atoms with Crippen LogP contribution in [-0.2, 0) is 0 Å². The molecule has 1 aliphatic carbocycles. The molecule has 0 amide bonds. The van der Waals surface area contributed by atoms with Crippen LogP contribution in [0.15, 0.2) is 22.7 Å². The van der Waals surface area contributed by atoms with Crippen molar-refractivity contribution in [1.29, 1.82) is 0 Å². The Labute approximate surface area is 107 Å². The molecule has 2 rings (SSSR count). The molecule has 76 valence electrons. The maximum atomic E-state index is 3.53. The van der Waals surface area contributed by atoms with Crippen molar-refractivity contribution in [3.63, 3.8) is 0 Å². The lowest BCUT2D eigenvalue weighted by atomic mass is 10.0. The standard InChI is InChI=1S/C11H13BrIN/c1-14-11(7-2-3-7)9-6-8(12)4-5-10(9)13/h4-7,11,14H,2-3H2,1H3. The first-order valence-electron chi connectivity index (χ1n) is 4.84. The average molecular weight is 366 g/mol. The zero-order chi connectivity index (χ0) is 10.1. The zero-order valence-corrected chi connectivity index (χ0v) is 11.8. The lowest BCUT2D eigenvalue weighted by molar-refractivity contribution is 0.526. The Bertz CT molecular complexity index is 336. The lowest BCUT2D eigenvalue weighted by Gasteiger charge is -2.17. The monoisotopic (exact) mass is 365 g/mol. The van der Waals surface area contributed by atoms with Crippen molar-refractivity contribution in [3.05, 3.63) is 31.8 Å². The predicted molar refractivity (Wildman–Crippen MR) is 71.4 cm³/mol. The van der Waals surface area contributed by atoms with Gasteiger partial charge in [0.15, 0.2) is 0 Å². The highest BCUT2D eigenvalue weighted by atomic mass is 127. The number of halogens is 2. The van der Waals surface area contributed by atoms with Crippen molar-refractivity contribution < 1.29 is 0 Å². The van der Waals surface area contributed by atoms with E-state index in [0.29, 0.717) is 6.04 Å². The molecule has 1 aromatic rings. The van der Waals surface area contributed by atoms with Crippen molar-refractivity contribution in [1.82, 2.24) is 5.32 Å². The number of hydrogen-bond donors (Lipinski definition) is 1. The van der Waals surface area contributed by atoms with Crippen LogP contribution in [0.25, 0.3) is 0 Å². The normalized spacial score (nSPS) is 18.2. The van der Waals surface area contributed by atoms with Crippen LogP contribution < -0.4 is 5.32 Å². The first kappa shape index (κ1) is 10.9. The molecule has 0 heterocycles. The third kappa shape index (κ3) is 2.31. The molecule has 0 radical (unpaired) electrons. The minimum atomic E-state index is 0.541. The second kappa shape index (κ2) is 4.49. The van der Waals surface area contributed by atoms with E-state index in [9.17, 15) is 0 Å². The maximum absolute atomic E-state index is 3.53. The van der Waals surface area contributed by atoms with Crippen molar-refractivity contribution >= 4 is 38.5 Å². The van der Waals surface area contributed by atoms with E-state index in [0.717, 1.165) is 5.92 Å². The summed E-state index contributed by atoms with van der Waals surface area (Å²) in [7, 11) is 2.06. The van der Waals surface area contributed by atoms with Gasteiger partial charge in [-0.2, -0.15) is 0 Å². The molecule has 1 unspecified atom stereocenters. The lowest BCUT2D eigenvalue weighted by Crippen LogP contribution is -2.19. The van der Waals surface area contributed by atoms with Crippen molar-refractivity contribution in [3.8, 4) is 0 Å². The number of benzene rings is 1. The summed E-state index contributed by atoms with van der Waals surface area (Å²) in [5.74, 6) is 0.850. The Morgan fingerprint density at radius 1 is 1.50 bits per heavy atom. The zero-order valence-electron chi connectivity index (χ0n) is 8.06. The molecule has 1 nitrogen and oxygen atoms in total. The molecule has 1 aromatic carbocycles. The van der Waals surface area contributed by atoms with Gasteiger partial charge in [-0.3, -0.25) is 0 Å². The summed E-state index contributed by atoms with van der Waals surface area (Å²) in [5.41, 5.74) is 1.44. The second-order valence-electron chi connectivity index (χ2n) is 3.77. The van der Waals surface area contributed by atoms with Gasteiger partial charge in [-0.05, 0) is 72.2 Å². The van der Waals surface area contributed by atoms with Crippen LogP contribution >= 0.6 is 38.5 Å². The minimum absolute atomic E-state index is 0.541. The van der Waals surface area contributed by atoms with E-state index >= 15 is 0 Å². The SMILES string of the molecule is CNC(c1cc(Br)ccc1I)C1CC1. The molecule has 0 aliphatic heterocycles. The molecular formula is C11H13BrIN. The van der Waals surface area contributed by atoms with Crippen LogP contribution in [0, 0.1) is 9.49 Å². The van der Waals surface area contributed by atoms with Crippen LogP contribution in [0.5, 0.6) is 0 Å². The van der Waals surface area contributed by atoms with Crippen LogP contribution in [0.4, 0.5) is 0 Å². The van der Waals surface area contributed by atoms with E-state index in [4.69, 9.17) is 0 Å². The highest BCUT2D eigenvalue weighted by Crippen LogP contribution is 2.42. The fourth-order valence-electron chi connectivity index (χ4n) is 1.83. The molecule has 1 fully saturated rings. The third-order valence-electron chi connectivity index (χ3n) is 2.70. The molecule has 1 atom stereocenters. The first-order valence-corrected chi connectivity index (χ1v) is 6.71. The summed E-state index contributed by atoms with van der Waals surface area (Å²) in [6.07, 6.45) is 2.74. The van der Waals surface area contributed by atoms with Crippen LogP contribution in [0.3, 0.4) is 0 Å². The molecule has 3 heteroatoms. The van der Waals surface area contributed by atoms with Gasteiger partial charge in [0.05, 0.1) is 0 Å². The summed E-state index contributed by atoms with van der Waals surface area (Å²) in [6.45, 7) is 0. The fraction of sp³-hybridized carbons (Fsp3) is 0.455. The Morgan fingerprint density at radius 3 is 2.79 bits per heavy atom. The van der Waals surface area contributed by atoms with E-state index in [1.54, 1.807) is 0 Å². The number of rotatable bonds is 3. The fourth-order valence-corrected chi connectivity index (χ4v) is 2.88. The van der Waals surface area contributed by atoms with E-state index in [-0.39, 0.29) is 0 Å². The van der Waals surface area contributed by atoms with E-state index in [2.05, 4.69) is 69.1 Å². The van der Waals surface area contributed by atoms with Gasteiger partial charge in [0, 0.05) is 14.1 Å². The summed E-state index contributed by atoms with van der Waals surface area (Å²) in [5, 5.41) is 3.42. The molecule has 0 aromatic heterocycles. The predicted octanol–water partition coefficient (Wildman–Crippen LogP) is 3.72. The van der Waals surface area contributed by atoms with Crippen molar-refractivity contribution in [2.24, 2.45) is 5.92 Å². The van der Waals surface area contributed by atoms with Gasteiger partial charge in [-0.15, -0.1) is 0 Å². The topological polar surface area (TPSA) is 12.0 Å². The van der Waals surface area contributed by atoms with Gasteiger partial charge in [0.2, 0.25) is 0 Å². The molecular weight excluding hydrogens is 353 g/mol. The van der Waals surface area contributed by atoms with Gasteiger partial charge < -0.3 is 5.32 Å². The first-order chi connectivity index (χ1) is 6.72. The Kier molecular flexibility index (Phi) is 3.50. The average Bonchev–Trinajstić information content (AvgIpc) is 2.96. The quantitative estimate of drug-likeness (QED) is 0.805. The molecule has 0 saturated heterocycles. The maximum Gasteiger partial charge on any atom is 0.0357 e. The van der Waals surface area contributed by atoms with Gasteiger partial charge in [0.1, 0.15) is 0 Å². The summed E-state index contributed by atoms with van der Waals surface area (Å²) >= 11 is 5.95. The molecule has 1 aliphatic rings. The highest BCUT2D eigenvalue weighted by Gasteiger charge is 2.32. The summed E-state index contributed by atoms with van der Waals surface area (Å²) in [6, 6.07) is 7.05. The van der Waals surface area contributed by atoms with Crippen molar-refractivity contribution in [2.45, 2.75) is 18.9 Å². The van der Waals surface area contributed by atoms with Crippen LogP contribution in [0.2, 0.25) is 0 Å². The van der Waals surface area contributed by atoms with Crippen LogP contribution in [-0.4, -0.2) is 7.05 Å².